The molecule has 0 N–H and O–H groups in total. The van der Waals surface area contributed by atoms with Crippen LogP contribution in [0.4, 0.5) is 0 Å². The van der Waals surface area contributed by atoms with Crippen LogP contribution in [0, 0.1) is 11.3 Å². The van der Waals surface area contributed by atoms with E-state index >= 15 is 0 Å². The predicted octanol–water partition coefficient (Wildman–Crippen LogP) is 3.62. The lowest BCUT2D eigenvalue weighted by atomic mass is 10.1. The third-order valence-electron chi connectivity index (χ3n) is 4.00. The third-order valence-corrected chi connectivity index (χ3v) is 5.12. The second-order valence-corrected chi connectivity index (χ2v) is 8.14. The van der Waals surface area contributed by atoms with E-state index in [9.17, 15) is 18.0 Å². The summed E-state index contributed by atoms with van der Waals surface area (Å²) in [7, 11) is -4.12. The summed E-state index contributed by atoms with van der Waals surface area (Å²) in [6.07, 6.45) is 5.38. The van der Waals surface area contributed by atoms with Crippen LogP contribution in [0.25, 0.3) is 12.2 Å². The van der Waals surface area contributed by atoms with Crippen molar-refractivity contribution >= 4 is 34.2 Å². The van der Waals surface area contributed by atoms with Crippen LogP contribution in [-0.2, 0) is 34.9 Å². The average molecular weight is 470 g/mol. The Morgan fingerprint density at radius 2 is 1.48 bits per heavy atom. The fourth-order valence-corrected chi connectivity index (χ4v) is 3.79. The fourth-order valence-electron chi connectivity index (χ4n) is 2.73. The first-order valence-electron chi connectivity index (χ1n) is 10.0. The van der Waals surface area contributed by atoms with Gasteiger partial charge in [-0.15, -0.1) is 0 Å². The van der Waals surface area contributed by atoms with Crippen LogP contribution < -0.4 is 4.18 Å². The Bertz CT molecular complexity index is 1160. The van der Waals surface area contributed by atoms with Crippen molar-refractivity contribution in [2.45, 2.75) is 19.6 Å². The van der Waals surface area contributed by atoms with Crippen molar-refractivity contribution in [1.82, 2.24) is 0 Å². The number of carbonyl (C=O) groups is 2. The highest BCUT2D eigenvalue weighted by Gasteiger charge is 2.17. The van der Waals surface area contributed by atoms with E-state index in [1.54, 1.807) is 44.2 Å². The van der Waals surface area contributed by atoms with Gasteiger partial charge in [0.25, 0.3) is 0 Å². The minimum Gasteiger partial charge on any atom is -0.463 e. The van der Waals surface area contributed by atoms with E-state index in [0.29, 0.717) is 16.7 Å². The van der Waals surface area contributed by atoms with Crippen molar-refractivity contribution in [1.29, 1.82) is 5.26 Å². The average Bonchev–Trinajstić information content (AvgIpc) is 2.76. The molecule has 8 nitrogen and oxygen atoms in total. The molecule has 2 aromatic carbocycles. The molecule has 0 aliphatic carbocycles. The van der Waals surface area contributed by atoms with E-state index in [0.717, 1.165) is 0 Å². The molecule has 2 rings (SSSR count). The fraction of sp³-hybridized carbons (Fsp3) is 0.208. The molecule has 0 saturated carbocycles. The summed E-state index contributed by atoms with van der Waals surface area (Å²) >= 11 is 0. The number of nitrogens with zero attached hydrogens (tertiary/aromatic N) is 1. The number of esters is 2. The summed E-state index contributed by atoms with van der Waals surface area (Å²) in [5.41, 5.74) is 1.46. The van der Waals surface area contributed by atoms with Crippen molar-refractivity contribution in [3.8, 4) is 11.8 Å². The van der Waals surface area contributed by atoms with Crippen LogP contribution in [0.15, 0.2) is 54.6 Å². The lowest BCUT2D eigenvalue weighted by molar-refractivity contribution is -0.138. The Balaban J connectivity index is 2.35. The Hall–Kier alpha value is -3.90. The van der Waals surface area contributed by atoms with Crippen molar-refractivity contribution in [2.24, 2.45) is 0 Å². The van der Waals surface area contributed by atoms with E-state index in [-0.39, 0.29) is 24.5 Å². The SMILES string of the molecule is CCOC(=O)/C=C/c1cc(/C=C/C(=O)OCC)cc(CS(=O)(=O)Oc2ccccc2C#N)c1. The zero-order chi connectivity index (χ0) is 24.3. The summed E-state index contributed by atoms with van der Waals surface area (Å²) in [6.45, 7) is 3.80. The van der Waals surface area contributed by atoms with E-state index in [1.165, 1.54) is 36.4 Å². The van der Waals surface area contributed by atoms with Gasteiger partial charge in [0, 0.05) is 12.2 Å². The summed E-state index contributed by atoms with van der Waals surface area (Å²) in [6, 6.07) is 12.7. The quantitative estimate of drug-likeness (QED) is 0.294. The first-order valence-corrected chi connectivity index (χ1v) is 11.6. The van der Waals surface area contributed by atoms with Crippen LogP contribution in [0.5, 0.6) is 5.75 Å². The molecule has 0 radical (unpaired) electrons. The molecule has 2 aromatic rings. The van der Waals surface area contributed by atoms with Gasteiger partial charge >= 0.3 is 22.1 Å². The maximum absolute atomic E-state index is 12.6. The molecular weight excluding hydrogens is 446 g/mol. The van der Waals surface area contributed by atoms with Crippen molar-refractivity contribution in [2.75, 3.05) is 13.2 Å². The van der Waals surface area contributed by atoms with Gasteiger partial charge in [-0.2, -0.15) is 13.7 Å². The molecular formula is C24H23NO7S. The van der Waals surface area contributed by atoms with Crippen LogP contribution in [-0.4, -0.2) is 33.6 Å². The summed E-state index contributed by atoms with van der Waals surface area (Å²) in [5.74, 6) is -1.67. The summed E-state index contributed by atoms with van der Waals surface area (Å²) < 4.78 is 40.1. The molecule has 0 spiro atoms. The third kappa shape index (κ3) is 8.63. The zero-order valence-electron chi connectivity index (χ0n) is 18.2. The maximum Gasteiger partial charge on any atom is 0.330 e. The Morgan fingerprint density at radius 1 is 0.939 bits per heavy atom. The lowest BCUT2D eigenvalue weighted by Crippen LogP contribution is -2.13. The topological polar surface area (TPSA) is 120 Å². The van der Waals surface area contributed by atoms with Gasteiger partial charge < -0.3 is 13.7 Å². The number of benzene rings is 2. The van der Waals surface area contributed by atoms with Crippen LogP contribution in [0.2, 0.25) is 0 Å². The first kappa shape index (κ1) is 25.4. The van der Waals surface area contributed by atoms with E-state index < -0.39 is 27.8 Å². The molecule has 0 atom stereocenters. The van der Waals surface area contributed by atoms with Crippen molar-refractivity contribution < 1.29 is 31.7 Å². The molecule has 0 fully saturated rings. The van der Waals surface area contributed by atoms with E-state index in [1.807, 2.05) is 6.07 Å². The molecule has 0 bridgehead atoms. The minimum absolute atomic E-state index is 0.0687. The van der Waals surface area contributed by atoms with Gasteiger partial charge in [-0.1, -0.05) is 24.3 Å². The molecule has 0 aliphatic rings. The van der Waals surface area contributed by atoms with Crippen molar-refractivity contribution in [3.05, 3.63) is 76.9 Å². The maximum atomic E-state index is 12.6. The monoisotopic (exact) mass is 469 g/mol. The number of carbonyl (C=O) groups excluding carboxylic acids is 2. The van der Waals surface area contributed by atoms with Gasteiger partial charge in [0.15, 0.2) is 5.75 Å². The normalized spacial score (nSPS) is 11.3. The van der Waals surface area contributed by atoms with Gasteiger partial charge in [-0.3, -0.25) is 0 Å². The van der Waals surface area contributed by atoms with Crippen LogP contribution in [0.1, 0.15) is 36.1 Å². The molecule has 0 saturated heterocycles. The largest absolute Gasteiger partial charge is 0.463 e. The van der Waals surface area contributed by atoms with Crippen molar-refractivity contribution in [3.63, 3.8) is 0 Å². The summed E-state index contributed by atoms with van der Waals surface area (Å²) in [5, 5.41) is 9.15. The smallest absolute Gasteiger partial charge is 0.330 e. The molecule has 9 heteroatoms. The number of rotatable bonds is 10. The minimum atomic E-state index is -4.12. The molecule has 172 valence electrons. The molecule has 0 aliphatic heterocycles. The molecule has 33 heavy (non-hydrogen) atoms. The molecule has 0 amide bonds. The Labute approximate surface area is 192 Å². The van der Waals surface area contributed by atoms with Crippen LogP contribution in [0.3, 0.4) is 0 Å². The number of para-hydroxylation sites is 1. The standard InChI is InChI=1S/C24H23NO7S/c1-3-30-23(26)11-9-18-13-19(10-12-24(27)31-4-2)15-20(14-18)17-33(28,29)32-22-8-6-5-7-21(22)16-25/h5-15H,3-4,17H2,1-2H3/b11-9+,12-10+. The highest BCUT2D eigenvalue weighted by atomic mass is 32.2. The lowest BCUT2D eigenvalue weighted by Gasteiger charge is -2.10. The van der Waals surface area contributed by atoms with Gasteiger partial charge in [-0.25, -0.2) is 9.59 Å². The molecule has 0 aromatic heterocycles. The highest BCUT2D eigenvalue weighted by molar-refractivity contribution is 7.86. The van der Waals surface area contributed by atoms with E-state index in [4.69, 9.17) is 18.9 Å². The number of ether oxygens (including phenoxy) is 2. The van der Waals surface area contributed by atoms with Gasteiger partial charge in [0.1, 0.15) is 11.8 Å². The second-order valence-electron chi connectivity index (χ2n) is 6.57. The molecule has 0 unspecified atom stereocenters. The van der Waals surface area contributed by atoms with Gasteiger partial charge in [0.2, 0.25) is 0 Å². The highest BCUT2D eigenvalue weighted by Crippen LogP contribution is 2.22. The number of nitriles is 1. The Kier molecular flexibility index (Phi) is 9.39. The number of hydrogen-bond acceptors (Lipinski definition) is 8. The second kappa shape index (κ2) is 12.2. The summed E-state index contributed by atoms with van der Waals surface area (Å²) in [4.78, 5) is 23.3. The Morgan fingerprint density at radius 3 is 2.00 bits per heavy atom. The van der Waals surface area contributed by atoms with Gasteiger partial charge in [-0.05, 0) is 60.9 Å². The van der Waals surface area contributed by atoms with E-state index in [2.05, 4.69) is 0 Å². The number of hydrogen-bond donors (Lipinski definition) is 0. The van der Waals surface area contributed by atoms with Crippen LogP contribution >= 0.6 is 0 Å². The molecule has 0 heterocycles. The predicted molar refractivity (Wildman–Crippen MR) is 122 cm³/mol. The zero-order valence-corrected chi connectivity index (χ0v) is 19.0. The first-order chi connectivity index (χ1) is 15.8. The van der Waals surface area contributed by atoms with Gasteiger partial charge in [0.05, 0.1) is 18.8 Å².